The summed E-state index contributed by atoms with van der Waals surface area (Å²) >= 11 is 0. The molecule has 2 N–H and O–H groups in total. The summed E-state index contributed by atoms with van der Waals surface area (Å²) in [5.41, 5.74) is 5.51. The number of hydrogen-bond acceptors (Lipinski definition) is 1. The SMILES string of the molecule is Cl.NCCC1CCCCCC1. The van der Waals surface area contributed by atoms with Gasteiger partial charge in [0.1, 0.15) is 0 Å². The summed E-state index contributed by atoms with van der Waals surface area (Å²) in [7, 11) is 0. The average Bonchev–Trinajstić information content (AvgIpc) is 2.17. The number of rotatable bonds is 2. The third kappa shape index (κ3) is 4.65. The Morgan fingerprint density at radius 1 is 1.00 bits per heavy atom. The lowest BCUT2D eigenvalue weighted by Crippen LogP contribution is -2.07. The molecule has 0 saturated heterocycles. The summed E-state index contributed by atoms with van der Waals surface area (Å²) in [6, 6.07) is 0. The standard InChI is InChI=1S/C9H19N.ClH/c10-8-7-9-5-3-1-2-4-6-9;/h9H,1-8,10H2;1H. The van der Waals surface area contributed by atoms with E-state index in [1.54, 1.807) is 0 Å². The molecular formula is C9H20ClN. The van der Waals surface area contributed by atoms with E-state index in [4.69, 9.17) is 5.73 Å². The van der Waals surface area contributed by atoms with Crippen molar-refractivity contribution in [3.63, 3.8) is 0 Å². The van der Waals surface area contributed by atoms with Crippen LogP contribution in [0, 0.1) is 5.92 Å². The van der Waals surface area contributed by atoms with E-state index in [-0.39, 0.29) is 12.4 Å². The van der Waals surface area contributed by atoms with E-state index in [1.807, 2.05) is 0 Å². The minimum absolute atomic E-state index is 0. The maximum Gasteiger partial charge on any atom is -0.00746 e. The Kier molecular flexibility index (Phi) is 7.09. The largest absolute Gasteiger partial charge is 0.330 e. The van der Waals surface area contributed by atoms with Crippen molar-refractivity contribution in [3.05, 3.63) is 0 Å². The second-order valence-corrected chi connectivity index (χ2v) is 3.43. The van der Waals surface area contributed by atoms with Gasteiger partial charge in [-0.25, -0.2) is 0 Å². The number of hydrogen-bond donors (Lipinski definition) is 1. The molecule has 1 saturated carbocycles. The Morgan fingerprint density at radius 3 is 2.00 bits per heavy atom. The van der Waals surface area contributed by atoms with Crippen LogP contribution in [0.1, 0.15) is 44.9 Å². The maximum atomic E-state index is 5.51. The molecule has 68 valence electrons. The van der Waals surface area contributed by atoms with Gasteiger partial charge in [-0.3, -0.25) is 0 Å². The fraction of sp³-hybridized carbons (Fsp3) is 1.00. The molecule has 0 amide bonds. The highest BCUT2D eigenvalue weighted by atomic mass is 35.5. The second kappa shape index (κ2) is 6.93. The van der Waals surface area contributed by atoms with Crippen LogP contribution in [-0.4, -0.2) is 6.54 Å². The first-order valence-corrected chi connectivity index (χ1v) is 4.63. The van der Waals surface area contributed by atoms with Gasteiger partial charge in [0.2, 0.25) is 0 Å². The Hall–Kier alpha value is 0.250. The van der Waals surface area contributed by atoms with E-state index < -0.39 is 0 Å². The highest BCUT2D eigenvalue weighted by Gasteiger charge is 2.10. The van der Waals surface area contributed by atoms with Crippen molar-refractivity contribution in [2.75, 3.05) is 6.54 Å². The molecule has 2 heteroatoms. The van der Waals surface area contributed by atoms with Gasteiger partial charge in [-0.05, 0) is 18.9 Å². The molecule has 0 bridgehead atoms. The van der Waals surface area contributed by atoms with Crippen molar-refractivity contribution in [1.29, 1.82) is 0 Å². The van der Waals surface area contributed by atoms with Crippen molar-refractivity contribution in [3.8, 4) is 0 Å². The van der Waals surface area contributed by atoms with E-state index in [0.717, 1.165) is 12.5 Å². The molecule has 1 rings (SSSR count). The van der Waals surface area contributed by atoms with E-state index in [9.17, 15) is 0 Å². The molecule has 0 aromatic heterocycles. The van der Waals surface area contributed by atoms with Crippen LogP contribution in [0.15, 0.2) is 0 Å². The molecule has 11 heavy (non-hydrogen) atoms. The van der Waals surface area contributed by atoms with E-state index in [2.05, 4.69) is 0 Å². The van der Waals surface area contributed by atoms with Gasteiger partial charge in [0, 0.05) is 0 Å². The van der Waals surface area contributed by atoms with Gasteiger partial charge >= 0.3 is 0 Å². The quantitative estimate of drug-likeness (QED) is 0.645. The van der Waals surface area contributed by atoms with Gasteiger partial charge in [0.05, 0.1) is 0 Å². The predicted molar refractivity (Wildman–Crippen MR) is 52.1 cm³/mol. The van der Waals surface area contributed by atoms with Gasteiger partial charge in [0.15, 0.2) is 0 Å². The van der Waals surface area contributed by atoms with Crippen LogP contribution in [0.2, 0.25) is 0 Å². The predicted octanol–water partition coefficient (Wildman–Crippen LogP) is 2.73. The minimum atomic E-state index is 0. The summed E-state index contributed by atoms with van der Waals surface area (Å²) in [5.74, 6) is 0.965. The second-order valence-electron chi connectivity index (χ2n) is 3.43. The summed E-state index contributed by atoms with van der Waals surface area (Å²) < 4.78 is 0. The van der Waals surface area contributed by atoms with E-state index in [1.165, 1.54) is 44.9 Å². The van der Waals surface area contributed by atoms with Gasteiger partial charge in [-0.1, -0.05) is 38.5 Å². The molecule has 1 aliphatic carbocycles. The molecule has 0 aromatic carbocycles. The van der Waals surface area contributed by atoms with Crippen molar-refractivity contribution in [2.24, 2.45) is 11.7 Å². The van der Waals surface area contributed by atoms with Crippen LogP contribution >= 0.6 is 12.4 Å². The van der Waals surface area contributed by atoms with Crippen LogP contribution < -0.4 is 5.73 Å². The lowest BCUT2D eigenvalue weighted by molar-refractivity contribution is 0.434. The fourth-order valence-electron chi connectivity index (χ4n) is 1.89. The average molecular weight is 178 g/mol. The van der Waals surface area contributed by atoms with Crippen molar-refractivity contribution < 1.29 is 0 Å². The summed E-state index contributed by atoms with van der Waals surface area (Å²) in [6.07, 6.45) is 9.96. The number of nitrogens with two attached hydrogens (primary N) is 1. The zero-order valence-electron chi connectivity index (χ0n) is 7.22. The topological polar surface area (TPSA) is 26.0 Å². The van der Waals surface area contributed by atoms with Gasteiger partial charge in [0.25, 0.3) is 0 Å². The van der Waals surface area contributed by atoms with Gasteiger partial charge < -0.3 is 5.73 Å². The normalized spacial score (nSPS) is 20.5. The Bertz CT molecular complexity index is 77.6. The summed E-state index contributed by atoms with van der Waals surface area (Å²) in [6.45, 7) is 0.894. The summed E-state index contributed by atoms with van der Waals surface area (Å²) in [5, 5.41) is 0. The summed E-state index contributed by atoms with van der Waals surface area (Å²) in [4.78, 5) is 0. The first-order valence-electron chi connectivity index (χ1n) is 4.63. The molecule has 0 aromatic rings. The Balaban J connectivity index is 0.000001000. The highest BCUT2D eigenvalue weighted by Crippen LogP contribution is 2.24. The zero-order valence-corrected chi connectivity index (χ0v) is 8.04. The molecular weight excluding hydrogens is 158 g/mol. The molecule has 0 heterocycles. The van der Waals surface area contributed by atoms with E-state index in [0.29, 0.717) is 0 Å². The molecule has 0 atom stereocenters. The molecule has 0 radical (unpaired) electrons. The zero-order chi connectivity index (χ0) is 7.23. The van der Waals surface area contributed by atoms with Crippen molar-refractivity contribution in [2.45, 2.75) is 44.9 Å². The minimum Gasteiger partial charge on any atom is -0.330 e. The Labute approximate surface area is 76.1 Å². The first kappa shape index (κ1) is 11.2. The van der Waals surface area contributed by atoms with E-state index >= 15 is 0 Å². The van der Waals surface area contributed by atoms with Gasteiger partial charge in [-0.2, -0.15) is 0 Å². The first-order chi connectivity index (χ1) is 4.93. The Morgan fingerprint density at radius 2 is 1.55 bits per heavy atom. The molecule has 0 unspecified atom stereocenters. The van der Waals surface area contributed by atoms with Crippen molar-refractivity contribution >= 4 is 12.4 Å². The van der Waals surface area contributed by atoms with Gasteiger partial charge in [-0.15, -0.1) is 12.4 Å². The van der Waals surface area contributed by atoms with Crippen LogP contribution in [0.3, 0.4) is 0 Å². The third-order valence-corrected chi connectivity index (χ3v) is 2.55. The molecule has 1 fully saturated rings. The van der Waals surface area contributed by atoms with Crippen LogP contribution in [0.5, 0.6) is 0 Å². The highest BCUT2D eigenvalue weighted by molar-refractivity contribution is 5.85. The number of halogens is 1. The fourth-order valence-corrected chi connectivity index (χ4v) is 1.89. The van der Waals surface area contributed by atoms with Crippen LogP contribution in [0.25, 0.3) is 0 Å². The molecule has 1 aliphatic rings. The maximum absolute atomic E-state index is 5.51. The van der Waals surface area contributed by atoms with Crippen molar-refractivity contribution in [1.82, 2.24) is 0 Å². The molecule has 0 aliphatic heterocycles. The lowest BCUT2D eigenvalue weighted by atomic mass is 9.97. The molecule has 0 spiro atoms. The molecule has 1 nitrogen and oxygen atoms in total. The van der Waals surface area contributed by atoms with Crippen LogP contribution in [-0.2, 0) is 0 Å². The third-order valence-electron chi connectivity index (χ3n) is 2.55. The lowest BCUT2D eigenvalue weighted by Gasteiger charge is -2.10. The van der Waals surface area contributed by atoms with Crippen LogP contribution in [0.4, 0.5) is 0 Å². The monoisotopic (exact) mass is 177 g/mol. The smallest absolute Gasteiger partial charge is 0.00746 e.